The molecule has 0 N–H and O–H groups in total. The van der Waals surface area contributed by atoms with E-state index in [1.165, 1.54) is 33.4 Å². The summed E-state index contributed by atoms with van der Waals surface area (Å²) in [4.78, 5) is 0. The quantitative estimate of drug-likeness (QED) is 0.559. The maximum absolute atomic E-state index is 2.37. The Morgan fingerprint density at radius 1 is 0.950 bits per heavy atom. The summed E-state index contributed by atoms with van der Waals surface area (Å²) in [7, 11) is 0. The highest BCUT2D eigenvalue weighted by atomic mass is 14.3. The molecule has 2 aliphatic carbocycles. The third-order valence-electron chi connectivity index (χ3n) is 4.57. The van der Waals surface area contributed by atoms with Gasteiger partial charge in [-0.05, 0) is 47.6 Å². The lowest BCUT2D eigenvalue weighted by molar-refractivity contribution is 0.834. The molecular formula is C20H18. The Labute approximate surface area is 120 Å². The first-order valence-corrected chi connectivity index (χ1v) is 7.38. The van der Waals surface area contributed by atoms with Gasteiger partial charge in [-0.1, -0.05) is 66.3 Å². The molecule has 20 heavy (non-hydrogen) atoms. The second-order valence-corrected chi connectivity index (χ2v) is 5.86. The molecule has 0 saturated carbocycles. The Balaban J connectivity index is 1.80. The smallest absolute Gasteiger partial charge is 0.00589 e. The number of hydrogen-bond donors (Lipinski definition) is 0. The molecular weight excluding hydrogens is 240 g/mol. The number of rotatable bonds is 1. The van der Waals surface area contributed by atoms with Crippen molar-refractivity contribution >= 4 is 0 Å². The Hall–Kier alpha value is -2.08. The highest BCUT2D eigenvalue weighted by Gasteiger charge is 2.23. The predicted molar refractivity (Wildman–Crippen MR) is 84.9 cm³/mol. The van der Waals surface area contributed by atoms with Gasteiger partial charge in [0.15, 0.2) is 0 Å². The maximum Gasteiger partial charge on any atom is 0.00589 e. The largest absolute Gasteiger partial charge is 0.0807 e. The summed E-state index contributed by atoms with van der Waals surface area (Å²) < 4.78 is 0. The van der Waals surface area contributed by atoms with E-state index in [0.29, 0.717) is 5.92 Å². The van der Waals surface area contributed by atoms with E-state index >= 15 is 0 Å². The first-order valence-electron chi connectivity index (χ1n) is 7.38. The van der Waals surface area contributed by atoms with Crippen molar-refractivity contribution < 1.29 is 0 Å². The van der Waals surface area contributed by atoms with Crippen LogP contribution in [0.5, 0.6) is 0 Å². The molecule has 2 aromatic rings. The summed E-state index contributed by atoms with van der Waals surface area (Å²) in [5.74, 6) is 0.544. The Morgan fingerprint density at radius 3 is 2.65 bits per heavy atom. The van der Waals surface area contributed by atoms with Crippen LogP contribution in [0.15, 0.2) is 66.3 Å². The molecule has 0 heteroatoms. The van der Waals surface area contributed by atoms with E-state index in [4.69, 9.17) is 0 Å². The molecule has 0 unspecified atom stereocenters. The molecule has 0 aliphatic heterocycles. The lowest BCUT2D eigenvalue weighted by Crippen LogP contribution is -2.02. The molecule has 0 spiro atoms. The fourth-order valence-corrected chi connectivity index (χ4v) is 3.49. The topological polar surface area (TPSA) is 0 Å². The monoisotopic (exact) mass is 258 g/mol. The summed E-state index contributed by atoms with van der Waals surface area (Å²) in [5.41, 5.74) is 8.78. The van der Waals surface area contributed by atoms with Crippen molar-refractivity contribution in [2.45, 2.75) is 25.7 Å². The van der Waals surface area contributed by atoms with E-state index in [1.54, 1.807) is 0 Å². The number of hydrogen-bond acceptors (Lipinski definition) is 0. The molecule has 0 nitrogen and oxygen atoms in total. The zero-order valence-electron chi connectivity index (χ0n) is 11.8. The maximum atomic E-state index is 2.37. The zero-order chi connectivity index (χ0) is 13.5. The van der Waals surface area contributed by atoms with Crippen LogP contribution in [-0.2, 0) is 6.42 Å². The van der Waals surface area contributed by atoms with Crippen LogP contribution in [0.4, 0.5) is 0 Å². The van der Waals surface area contributed by atoms with Gasteiger partial charge in [0.05, 0.1) is 0 Å². The van der Waals surface area contributed by atoms with E-state index < -0.39 is 0 Å². The number of benzene rings is 2. The van der Waals surface area contributed by atoms with E-state index in [9.17, 15) is 0 Å². The number of allylic oxidation sites excluding steroid dienone is 4. The minimum Gasteiger partial charge on any atom is -0.0807 e. The molecule has 0 radical (unpaired) electrons. The van der Waals surface area contributed by atoms with Crippen molar-refractivity contribution in [3.8, 4) is 11.1 Å². The van der Waals surface area contributed by atoms with E-state index in [-0.39, 0.29) is 0 Å². The second kappa shape index (κ2) is 4.49. The fraction of sp³-hybridized carbons (Fsp3) is 0.200. The molecule has 0 amide bonds. The third kappa shape index (κ3) is 1.76. The molecule has 0 aromatic heterocycles. The standard InChI is InChI=1S/C20H18/c1-14-9-11-15(12-10-14)17-7-4-8-19-18-6-3-2-5-16(18)13-20(17)19/h2-11,15H,12-13H2,1H3/t15-/m0/s1. The van der Waals surface area contributed by atoms with Crippen molar-refractivity contribution in [2.24, 2.45) is 0 Å². The van der Waals surface area contributed by atoms with Crippen LogP contribution in [0, 0.1) is 0 Å². The molecule has 0 bridgehead atoms. The minimum absolute atomic E-state index is 0.544. The summed E-state index contributed by atoms with van der Waals surface area (Å²) in [6.45, 7) is 2.18. The molecule has 4 rings (SSSR count). The van der Waals surface area contributed by atoms with Gasteiger partial charge < -0.3 is 0 Å². The molecule has 0 saturated heterocycles. The van der Waals surface area contributed by atoms with Gasteiger partial charge in [0, 0.05) is 5.92 Å². The van der Waals surface area contributed by atoms with Gasteiger partial charge >= 0.3 is 0 Å². The third-order valence-corrected chi connectivity index (χ3v) is 4.57. The summed E-state index contributed by atoms with van der Waals surface area (Å²) in [6, 6.07) is 15.6. The first kappa shape index (κ1) is 11.7. The Bertz CT molecular complexity index is 731. The van der Waals surface area contributed by atoms with Crippen LogP contribution < -0.4 is 0 Å². The first-order chi connectivity index (χ1) is 9.83. The van der Waals surface area contributed by atoms with Crippen molar-refractivity contribution in [3.05, 3.63) is 83.0 Å². The van der Waals surface area contributed by atoms with Crippen LogP contribution >= 0.6 is 0 Å². The summed E-state index contributed by atoms with van der Waals surface area (Å²) in [5, 5.41) is 0. The van der Waals surface area contributed by atoms with Crippen LogP contribution in [0.2, 0.25) is 0 Å². The van der Waals surface area contributed by atoms with Gasteiger partial charge in [0.2, 0.25) is 0 Å². The van der Waals surface area contributed by atoms with Crippen molar-refractivity contribution in [1.82, 2.24) is 0 Å². The lowest BCUT2D eigenvalue weighted by Gasteiger charge is -2.18. The molecule has 2 aromatic carbocycles. The molecule has 1 atom stereocenters. The fourth-order valence-electron chi connectivity index (χ4n) is 3.49. The van der Waals surface area contributed by atoms with Crippen molar-refractivity contribution in [1.29, 1.82) is 0 Å². The average Bonchev–Trinajstić information content (AvgIpc) is 2.87. The average molecular weight is 258 g/mol. The molecule has 0 fully saturated rings. The number of fused-ring (bicyclic) bond motifs is 3. The van der Waals surface area contributed by atoms with Crippen LogP contribution in [-0.4, -0.2) is 0 Å². The van der Waals surface area contributed by atoms with Gasteiger partial charge in [-0.15, -0.1) is 0 Å². The second-order valence-electron chi connectivity index (χ2n) is 5.86. The highest BCUT2D eigenvalue weighted by molar-refractivity contribution is 5.78. The Morgan fingerprint density at radius 2 is 1.80 bits per heavy atom. The highest BCUT2D eigenvalue weighted by Crippen LogP contribution is 2.41. The van der Waals surface area contributed by atoms with E-state index in [0.717, 1.165) is 12.8 Å². The zero-order valence-corrected chi connectivity index (χ0v) is 11.8. The molecule has 98 valence electrons. The van der Waals surface area contributed by atoms with Crippen LogP contribution in [0.3, 0.4) is 0 Å². The molecule has 0 heterocycles. The predicted octanol–water partition coefficient (Wildman–Crippen LogP) is 5.25. The summed E-state index contributed by atoms with van der Waals surface area (Å²) in [6.07, 6.45) is 9.21. The SMILES string of the molecule is CC1=CC[C@@H](c2cccc3c2Cc2ccccc2-3)C=C1. The van der Waals surface area contributed by atoms with Crippen molar-refractivity contribution in [3.63, 3.8) is 0 Å². The van der Waals surface area contributed by atoms with E-state index in [2.05, 4.69) is 67.6 Å². The van der Waals surface area contributed by atoms with Crippen molar-refractivity contribution in [2.75, 3.05) is 0 Å². The van der Waals surface area contributed by atoms with Crippen LogP contribution in [0.25, 0.3) is 11.1 Å². The van der Waals surface area contributed by atoms with Gasteiger partial charge in [0.25, 0.3) is 0 Å². The molecule has 2 aliphatic rings. The van der Waals surface area contributed by atoms with Gasteiger partial charge in [0.1, 0.15) is 0 Å². The normalized spacial score (nSPS) is 19.4. The summed E-state index contributed by atoms with van der Waals surface area (Å²) >= 11 is 0. The van der Waals surface area contributed by atoms with Gasteiger partial charge in [-0.2, -0.15) is 0 Å². The van der Waals surface area contributed by atoms with Gasteiger partial charge in [-0.3, -0.25) is 0 Å². The van der Waals surface area contributed by atoms with E-state index in [1.807, 2.05) is 0 Å². The van der Waals surface area contributed by atoms with Gasteiger partial charge in [-0.25, -0.2) is 0 Å². The Kier molecular flexibility index (Phi) is 2.63. The minimum atomic E-state index is 0.544. The lowest BCUT2D eigenvalue weighted by atomic mass is 9.86. The van der Waals surface area contributed by atoms with Crippen LogP contribution in [0.1, 0.15) is 36.0 Å².